The van der Waals surface area contributed by atoms with Crippen molar-refractivity contribution in [1.29, 1.82) is 0 Å². The smallest absolute Gasteiger partial charge is 0.0372 e. The van der Waals surface area contributed by atoms with Crippen LogP contribution < -0.4 is 4.90 Å². The van der Waals surface area contributed by atoms with E-state index < -0.39 is 0 Å². The fourth-order valence-electron chi connectivity index (χ4n) is 1.20. The summed E-state index contributed by atoms with van der Waals surface area (Å²) in [6.45, 7) is 3.65. The van der Waals surface area contributed by atoms with Crippen molar-refractivity contribution in [2.75, 3.05) is 26.0 Å². The maximum atomic E-state index is 3.65. The first-order valence-corrected chi connectivity index (χ1v) is 5.88. The van der Waals surface area contributed by atoms with Crippen LogP contribution in [-0.4, -0.2) is 25.4 Å². The van der Waals surface area contributed by atoms with Gasteiger partial charge in [-0.2, -0.15) is 0 Å². The van der Waals surface area contributed by atoms with Gasteiger partial charge in [0.05, 0.1) is 0 Å². The Morgan fingerprint density at radius 1 is 1.25 bits per heavy atom. The Kier molecular flexibility index (Phi) is 4.99. The van der Waals surface area contributed by atoms with Gasteiger partial charge in [0.2, 0.25) is 0 Å². The quantitative estimate of drug-likeness (QED) is 0.569. The van der Waals surface area contributed by atoms with Crippen LogP contribution in [0.5, 0.6) is 0 Å². The Bertz CT molecular complexity index is 372. The monoisotopic (exact) mass is 234 g/mol. The van der Waals surface area contributed by atoms with Gasteiger partial charge in [-0.15, -0.1) is 0 Å². The molecule has 3 heteroatoms. The first-order valence-electron chi connectivity index (χ1n) is 5.11. The second kappa shape index (κ2) is 6.28. The molecule has 0 aromatic heterocycles. The van der Waals surface area contributed by atoms with Gasteiger partial charge in [0.15, 0.2) is 0 Å². The zero-order valence-electron chi connectivity index (χ0n) is 10.1. The number of nitrogens with zero attached hydrogens (tertiary/aromatic N) is 2. The zero-order valence-corrected chi connectivity index (χ0v) is 10.9. The predicted octanol–water partition coefficient (Wildman–Crippen LogP) is 3.39. The number of hydrogen-bond donors (Lipinski definition) is 0. The molecule has 0 amide bonds. The summed E-state index contributed by atoms with van der Waals surface area (Å²) < 4.78 is 2.05. The molecule has 0 N–H and O–H groups in total. The van der Waals surface area contributed by atoms with Crippen LogP contribution in [0.25, 0.3) is 0 Å². The largest absolute Gasteiger partial charge is 0.378 e. The van der Waals surface area contributed by atoms with E-state index in [1.54, 1.807) is 18.0 Å². The number of hydrogen-bond acceptors (Lipinski definition) is 3. The molecule has 0 atom stereocenters. The van der Waals surface area contributed by atoms with Gasteiger partial charge in [0.25, 0.3) is 0 Å². The summed E-state index contributed by atoms with van der Waals surface area (Å²) in [5, 5.41) is 0. The van der Waals surface area contributed by atoms with E-state index in [9.17, 15) is 0 Å². The lowest BCUT2D eigenvalue weighted by atomic mass is 10.3. The lowest BCUT2D eigenvalue weighted by Gasteiger charge is -2.16. The van der Waals surface area contributed by atoms with Crippen molar-refractivity contribution in [1.82, 2.24) is 4.31 Å². The minimum absolute atomic E-state index is 1.21. The average Bonchev–Trinajstić information content (AvgIpc) is 2.26. The van der Waals surface area contributed by atoms with E-state index in [-0.39, 0.29) is 0 Å². The summed E-state index contributed by atoms with van der Waals surface area (Å²) >= 11 is 1.69. The van der Waals surface area contributed by atoms with Crippen molar-refractivity contribution < 1.29 is 0 Å². The molecule has 0 aliphatic heterocycles. The molecule has 86 valence electrons. The van der Waals surface area contributed by atoms with Crippen molar-refractivity contribution in [3.8, 4) is 0 Å². The van der Waals surface area contributed by atoms with Gasteiger partial charge in [-0.25, -0.2) is 0 Å². The van der Waals surface area contributed by atoms with Crippen LogP contribution in [0.2, 0.25) is 0 Å². The van der Waals surface area contributed by atoms with Crippen LogP contribution in [0.15, 0.2) is 54.1 Å². The summed E-state index contributed by atoms with van der Waals surface area (Å²) in [7, 11) is 6.11. The molecule has 16 heavy (non-hydrogen) atoms. The molecule has 0 saturated carbocycles. The van der Waals surface area contributed by atoms with E-state index in [4.69, 9.17) is 0 Å². The molecule has 0 saturated heterocycles. The highest BCUT2D eigenvalue weighted by molar-refractivity contribution is 7.97. The van der Waals surface area contributed by atoms with Crippen LogP contribution in [0.4, 0.5) is 5.69 Å². The molecule has 0 aliphatic carbocycles. The van der Waals surface area contributed by atoms with E-state index in [0.29, 0.717) is 0 Å². The number of rotatable bonds is 5. The summed E-state index contributed by atoms with van der Waals surface area (Å²) in [5.41, 5.74) is 1.21. The molecular weight excluding hydrogens is 216 g/mol. The highest BCUT2D eigenvalue weighted by atomic mass is 32.2. The third-order valence-electron chi connectivity index (χ3n) is 2.02. The van der Waals surface area contributed by atoms with Gasteiger partial charge in [-0.05, 0) is 36.2 Å². The lowest BCUT2D eigenvalue weighted by molar-refractivity contribution is 0.774. The van der Waals surface area contributed by atoms with Crippen molar-refractivity contribution in [3.63, 3.8) is 0 Å². The first-order chi connectivity index (χ1) is 7.63. The molecule has 1 aromatic rings. The Morgan fingerprint density at radius 2 is 2.00 bits per heavy atom. The van der Waals surface area contributed by atoms with Crippen LogP contribution in [0, 0.1) is 0 Å². The lowest BCUT2D eigenvalue weighted by Crippen LogP contribution is -2.08. The first kappa shape index (κ1) is 12.7. The molecule has 0 spiro atoms. The van der Waals surface area contributed by atoms with Gasteiger partial charge in [0, 0.05) is 37.9 Å². The van der Waals surface area contributed by atoms with E-state index in [0.717, 1.165) is 0 Å². The Labute approximate surface area is 102 Å². The van der Waals surface area contributed by atoms with E-state index in [1.807, 2.05) is 33.4 Å². The topological polar surface area (TPSA) is 6.48 Å². The van der Waals surface area contributed by atoms with Crippen molar-refractivity contribution >= 4 is 17.6 Å². The van der Waals surface area contributed by atoms with Gasteiger partial charge in [0.1, 0.15) is 0 Å². The summed E-state index contributed by atoms with van der Waals surface area (Å²) in [5.74, 6) is 0. The van der Waals surface area contributed by atoms with Crippen molar-refractivity contribution in [2.24, 2.45) is 0 Å². The van der Waals surface area contributed by atoms with Gasteiger partial charge in [-0.1, -0.05) is 18.7 Å². The van der Waals surface area contributed by atoms with Crippen LogP contribution in [-0.2, 0) is 0 Å². The Hall–Kier alpha value is -1.35. The second-order valence-electron chi connectivity index (χ2n) is 3.61. The van der Waals surface area contributed by atoms with Gasteiger partial charge < -0.3 is 9.21 Å². The SMILES string of the molecule is C=CC=CN(C)Sc1cccc(N(C)C)c1. The summed E-state index contributed by atoms with van der Waals surface area (Å²) in [6.07, 6.45) is 5.68. The summed E-state index contributed by atoms with van der Waals surface area (Å²) in [6, 6.07) is 8.45. The maximum absolute atomic E-state index is 3.65. The minimum atomic E-state index is 1.21. The fraction of sp³-hybridized carbons (Fsp3) is 0.231. The normalized spacial score (nSPS) is 10.4. The highest BCUT2D eigenvalue weighted by Crippen LogP contribution is 2.25. The number of allylic oxidation sites excluding steroid dienone is 2. The number of benzene rings is 1. The standard InChI is InChI=1S/C13H18N2S/c1-5-6-10-15(4)16-13-9-7-8-12(11-13)14(2)3/h5-11H,1H2,2-4H3. The molecule has 0 unspecified atom stereocenters. The van der Waals surface area contributed by atoms with E-state index >= 15 is 0 Å². The van der Waals surface area contributed by atoms with Crippen molar-refractivity contribution in [2.45, 2.75) is 4.90 Å². The van der Waals surface area contributed by atoms with Gasteiger partial charge in [-0.3, -0.25) is 0 Å². The van der Waals surface area contributed by atoms with Gasteiger partial charge >= 0.3 is 0 Å². The highest BCUT2D eigenvalue weighted by Gasteiger charge is 2.00. The second-order valence-corrected chi connectivity index (χ2v) is 4.84. The molecule has 0 fully saturated rings. The number of anilines is 1. The predicted molar refractivity (Wildman–Crippen MR) is 73.7 cm³/mol. The third-order valence-corrected chi connectivity index (χ3v) is 2.89. The van der Waals surface area contributed by atoms with Crippen LogP contribution >= 0.6 is 11.9 Å². The molecule has 0 aliphatic rings. The maximum Gasteiger partial charge on any atom is 0.0372 e. The van der Waals surface area contributed by atoms with E-state index in [2.05, 4.69) is 40.0 Å². The minimum Gasteiger partial charge on any atom is -0.378 e. The summed E-state index contributed by atoms with van der Waals surface area (Å²) in [4.78, 5) is 3.33. The zero-order chi connectivity index (χ0) is 12.0. The molecule has 1 rings (SSSR count). The molecule has 1 aromatic carbocycles. The van der Waals surface area contributed by atoms with E-state index in [1.165, 1.54) is 10.6 Å². The molecule has 2 nitrogen and oxygen atoms in total. The third kappa shape index (κ3) is 4.03. The van der Waals surface area contributed by atoms with Crippen molar-refractivity contribution in [3.05, 3.63) is 49.2 Å². The average molecular weight is 234 g/mol. The molecule has 0 bridgehead atoms. The Morgan fingerprint density at radius 3 is 2.62 bits per heavy atom. The fourth-order valence-corrected chi connectivity index (χ4v) is 1.97. The molecular formula is C13H18N2S. The molecule has 0 heterocycles. The Balaban J connectivity index is 2.70. The molecule has 0 radical (unpaired) electrons. The van der Waals surface area contributed by atoms with Crippen LogP contribution in [0.1, 0.15) is 0 Å². The van der Waals surface area contributed by atoms with Crippen LogP contribution in [0.3, 0.4) is 0 Å².